The molecule has 0 saturated heterocycles. The average Bonchev–Trinajstić information content (AvgIpc) is 2.46. The van der Waals surface area contributed by atoms with Crippen molar-refractivity contribution in [3.8, 4) is 0 Å². The summed E-state index contributed by atoms with van der Waals surface area (Å²) in [5.41, 5.74) is 3.03. The number of hydrogen-bond donors (Lipinski definition) is 2. The van der Waals surface area contributed by atoms with Crippen molar-refractivity contribution < 1.29 is 4.74 Å². The molecule has 1 rings (SSSR count). The van der Waals surface area contributed by atoms with Crippen LogP contribution in [0.15, 0.2) is 0 Å². The highest BCUT2D eigenvalue weighted by Crippen LogP contribution is 2.38. The topological polar surface area (TPSA) is 47.3 Å². The predicted octanol–water partition coefficient (Wildman–Crippen LogP) is 4.16. The molecule has 3 atom stereocenters. The molecule has 1 fully saturated rings. The molecule has 3 nitrogen and oxygen atoms in total. The Balaban J connectivity index is 2.38. The molecule has 1 aliphatic carbocycles. The molecule has 0 radical (unpaired) electrons. The lowest BCUT2D eigenvalue weighted by molar-refractivity contribution is -0.0814. The summed E-state index contributed by atoms with van der Waals surface area (Å²) >= 11 is 0. The van der Waals surface area contributed by atoms with Crippen LogP contribution in [0.2, 0.25) is 0 Å². The Labute approximate surface area is 126 Å². The summed E-state index contributed by atoms with van der Waals surface area (Å²) < 4.78 is 5.96. The first-order valence-corrected chi connectivity index (χ1v) is 8.69. The van der Waals surface area contributed by atoms with Gasteiger partial charge in [-0.1, -0.05) is 65.2 Å². The summed E-state index contributed by atoms with van der Waals surface area (Å²) in [5, 5.41) is 0. The third kappa shape index (κ3) is 5.34. The first-order valence-electron chi connectivity index (χ1n) is 8.69. The van der Waals surface area contributed by atoms with E-state index in [1.807, 2.05) is 7.11 Å². The minimum absolute atomic E-state index is 0.0319. The monoisotopic (exact) mass is 284 g/mol. The third-order valence-electron chi connectivity index (χ3n) is 5.08. The fourth-order valence-electron chi connectivity index (χ4n) is 3.81. The second kappa shape index (κ2) is 9.75. The van der Waals surface area contributed by atoms with E-state index in [0.717, 1.165) is 25.2 Å². The zero-order chi connectivity index (χ0) is 14.8. The summed E-state index contributed by atoms with van der Waals surface area (Å²) in [6.45, 7) is 4.60. The van der Waals surface area contributed by atoms with Gasteiger partial charge in [-0.3, -0.25) is 11.3 Å². The molecule has 0 spiro atoms. The molecule has 0 amide bonds. The first-order chi connectivity index (χ1) is 9.68. The van der Waals surface area contributed by atoms with Crippen LogP contribution in [0.4, 0.5) is 0 Å². The van der Waals surface area contributed by atoms with Crippen molar-refractivity contribution in [3.05, 3.63) is 0 Å². The molecule has 1 aliphatic rings. The first kappa shape index (κ1) is 17.9. The van der Waals surface area contributed by atoms with E-state index >= 15 is 0 Å². The maximum Gasteiger partial charge on any atom is 0.0846 e. The number of nitrogens with two attached hydrogens (primary N) is 1. The SMILES string of the molecule is CCCCCCCCC(NN)C1(OC)CCCC(C)C1. The number of nitrogens with one attached hydrogen (secondary N) is 1. The Morgan fingerprint density at radius 3 is 2.55 bits per heavy atom. The van der Waals surface area contributed by atoms with Crippen molar-refractivity contribution in [2.75, 3.05) is 7.11 Å². The van der Waals surface area contributed by atoms with Crippen LogP contribution in [-0.4, -0.2) is 18.8 Å². The molecule has 0 bridgehead atoms. The Bertz CT molecular complexity index is 247. The van der Waals surface area contributed by atoms with Gasteiger partial charge in [-0.2, -0.15) is 0 Å². The van der Waals surface area contributed by atoms with Crippen molar-refractivity contribution in [2.45, 2.75) is 96.1 Å². The Morgan fingerprint density at radius 1 is 1.25 bits per heavy atom. The minimum atomic E-state index is -0.0319. The largest absolute Gasteiger partial charge is 0.377 e. The van der Waals surface area contributed by atoms with Gasteiger partial charge in [0.25, 0.3) is 0 Å². The van der Waals surface area contributed by atoms with Gasteiger partial charge < -0.3 is 4.74 Å². The number of hydrogen-bond acceptors (Lipinski definition) is 3. The normalized spacial score (nSPS) is 28.5. The van der Waals surface area contributed by atoms with Gasteiger partial charge in [0.05, 0.1) is 11.6 Å². The van der Waals surface area contributed by atoms with Crippen LogP contribution in [-0.2, 0) is 4.74 Å². The zero-order valence-electron chi connectivity index (χ0n) is 13.9. The molecule has 3 heteroatoms. The van der Waals surface area contributed by atoms with Crippen LogP contribution >= 0.6 is 0 Å². The van der Waals surface area contributed by atoms with Gasteiger partial charge in [-0.15, -0.1) is 0 Å². The lowest BCUT2D eigenvalue weighted by Crippen LogP contribution is -2.56. The summed E-state index contributed by atoms with van der Waals surface area (Å²) in [6.07, 6.45) is 14.1. The Morgan fingerprint density at radius 2 is 1.95 bits per heavy atom. The molecule has 3 N–H and O–H groups in total. The maximum atomic E-state index is 5.96. The van der Waals surface area contributed by atoms with E-state index in [1.165, 1.54) is 51.4 Å². The fraction of sp³-hybridized carbons (Fsp3) is 1.00. The lowest BCUT2D eigenvalue weighted by Gasteiger charge is -2.44. The molecule has 20 heavy (non-hydrogen) atoms. The molecule has 0 aromatic rings. The van der Waals surface area contributed by atoms with Crippen molar-refractivity contribution in [2.24, 2.45) is 11.8 Å². The summed E-state index contributed by atoms with van der Waals surface area (Å²) in [4.78, 5) is 0. The Kier molecular flexibility index (Phi) is 8.74. The van der Waals surface area contributed by atoms with Crippen LogP contribution in [0.1, 0.15) is 84.5 Å². The highest BCUT2D eigenvalue weighted by atomic mass is 16.5. The van der Waals surface area contributed by atoms with Crippen molar-refractivity contribution in [1.82, 2.24) is 5.43 Å². The predicted molar refractivity (Wildman–Crippen MR) is 86.5 cm³/mol. The van der Waals surface area contributed by atoms with Crippen LogP contribution in [0.25, 0.3) is 0 Å². The van der Waals surface area contributed by atoms with Crippen LogP contribution in [0.3, 0.4) is 0 Å². The van der Waals surface area contributed by atoms with Crippen molar-refractivity contribution in [3.63, 3.8) is 0 Å². The smallest absolute Gasteiger partial charge is 0.0846 e. The molecule has 3 unspecified atom stereocenters. The summed E-state index contributed by atoms with van der Waals surface area (Å²) in [6, 6.07) is 0.307. The highest BCUT2D eigenvalue weighted by Gasteiger charge is 2.41. The van der Waals surface area contributed by atoms with Gasteiger partial charge in [-0.05, 0) is 25.2 Å². The van der Waals surface area contributed by atoms with Crippen LogP contribution in [0, 0.1) is 5.92 Å². The van der Waals surface area contributed by atoms with E-state index in [0.29, 0.717) is 6.04 Å². The lowest BCUT2D eigenvalue weighted by atomic mass is 9.73. The van der Waals surface area contributed by atoms with E-state index < -0.39 is 0 Å². The molecule has 0 aliphatic heterocycles. The van der Waals surface area contributed by atoms with Gasteiger partial charge in [0, 0.05) is 7.11 Å². The quantitative estimate of drug-likeness (QED) is 0.360. The van der Waals surface area contributed by atoms with Gasteiger partial charge in [0.15, 0.2) is 0 Å². The highest BCUT2D eigenvalue weighted by molar-refractivity contribution is 4.96. The average molecular weight is 284 g/mol. The maximum absolute atomic E-state index is 5.96. The van der Waals surface area contributed by atoms with Crippen molar-refractivity contribution in [1.29, 1.82) is 0 Å². The van der Waals surface area contributed by atoms with E-state index in [2.05, 4.69) is 19.3 Å². The van der Waals surface area contributed by atoms with Crippen LogP contribution in [0.5, 0.6) is 0 Å². The minimum Gasteiger partial charge on any atom is -0.377 e. The van der Waals surface area contributed by atoms with Crippen molar-refractivity contribution >= 4 is 0 Å². The standard InChI is InChI=1S/C17H36N2O/c1-4-5-6-7-8-9-12-16(19-18)17(20-3)13-10-11-15(2)14-17/h15-16,19H,4-14,18H2,1-3H3. The zero-order valence-corrected chi connectivity index (χ0v) is 13.9. The molecule has 1 saturated carbocycles. The number of unbranched alkanes of at least 4 members (excludes halogenated alkanes) is 5. The van der Waals surface area contributed by atoms with E-state index in [-0.39, 0.29) is 5.60 Å². The Hall–Kier alpha value is -0.120. The summed E-state index contributed by atoms with van der Waals surface area (Å²) in [7, 11) is 1.86. The van der Waals surface area contributed by atoms with E-state index in [9.17, 15) is 0 Å². The van der Waals surface area contributed by atoms with Crippen LogP contribution < -0.4 is 11.3 Å². The fourth-order valence-corrected chi connectivity index (χ4v) is 3.81. The number of methoxy groups -OCH3 is 1. The molecule has 0 heterocycles. The van der Waals surface area contributed by atoms with E-state index in [4.69, 9.17) is 10.6 Å². The second-order valence-electron chi connectivity index (χ2n) is 6.75. The van der Waals surface area contributed by atoms with Gasteiger partial charge in [0.2, 0.25) is 0 Å². The molecule has 120 valence electrons. The number of ether oxygens (including phenoxy) is 1. The molecular weight excluding hydrogens is 248 g/mol. The van der Waals surface area contributed by atoms with E-state index in [1.54, 1.807) is 0 Å². The van der Waals surface area contributed by atoms with Gasteiger partial charge >= 0.3 is 0 Å². The molecule has 0 aromatic heterocycles. The van der Waals surface area contributed by atoms with Gasteiger partial charge in [-0.25, -0.2) is 0 Å². The van der Waals surface area contributed by atoms with Gasteiger partial charge in [0.1, 0.15) is 0 Å². The number of hydrazine groups is 1. The summed E-state index contributed by atoms with van der Waals surface area (Å²) in [5.74, 6) is 6.60. The molecule has 0 aromatic carbocycles. The number of rotatable bonds is 10. The second-order valence-corrected chi connectivity index (χ2v) is 6.75. The third-order valence-corrected chi connectivity index (χ3v) is 5.08. The molecular formula is C17H36N2O.